The van der Waals surface area contributed by atoms with Crippen LogP contribution in [0.5, 0.6) is 0 Å². The predicted molar refractivity (Wildman–Crippen MR) is 90.4 cm³/mol. The molecule has 0 aromatic heterocycles. The number of amidine groups is 1. The Bertz CT molecular complexity index is 694. The van der Waals surface area contributed by atoms with Gasteiger partial charge in [-0.3, -0.25) is 0 Å². The van der Waals surface area contributed by atoms with E-state index in [4.69, 9.17) is 22.5 Å². The number of nitrogens with zero attached hydrogens (tertiary/aromatic N) is 1. The molecule has 0 heterocycles. The molecule has 0 fully saturated rings. The minimum absolute atomic E-state index is 0.139. The number of anilines is 1. The highest BCUT2D eigenvalue weighted by molar-refractivity contribution is 14.1. The summed E-state index contributed by atoms with van der Waals surface area (Å²) in [7, 11) is 0. The van der Waals surface area contributed by atoms with Gasteiger partial charge in [0, 0.05) is 15.7 Å². The Kier molecular flexibility index (Phi) is 5.24. The van der Waals surface area contributed by atoms with Crippen LogP contribution in [-0.4, -0.2) is 11.0 Å². The number of halogens is 3. The van der Waals surface area contributed by atoms with Gasteiger partial charge in [0.15, 0.2) is 5.84 Å². The number of oxime groups is 1. The normalized spacial score (nSPS) is 11.5. The van der Waals surface area contributed by atoms with Crippen LogP contribution in [-0.2, 0) is 6.54 Å². The number of hydrogen-bond donors (Lipinski definition) is 3. The molecule has 0 bridgehead atoms. The lowest BCUT2D eigenvalue weighted by atomic mass is 10.1. The summed E-state index contributed by atoms with van der Waals surface area (Å²) < 4.78 is 14.3. The first kappa shape index (κ1) is 15.8. The molecule has 2 aromatic rings. The molecule has 0 saturated heterocycles. The lowest BCUT2D eigenvalue weighted by Crippen LogP contribution is -2.17. The topological polar surface area (TPSA) is 70.6 Å². The van der Waals surface area contributed by atoms with E-state index < -0.39 is 5.82 Å². The van der Waals surface area contributed by atoms with Crippen LogP contribution in [0.3, 0.4) is 0 Å². The van der Waals surface area contributed by atoms with Crippen molar-refractivity contribution in [3.8, 4) is 0 Å². The molecule has 0 radical (unpaired) electrons. The van der Waals surface area contributed by atoms with E-state index in [1.54, 1.807) is 6.07 Å². The van der Waals surface area contributed by atoms with E-state index in [0.717, 1.165) is 9.26 Å². The first-order valence-corrected chi connectivity index (χ1v) is 7.42. The van der Waals surface area contributed by atoms with Crippen molar-refractivity contribution in [1.29, 1.82) is 0 Å². The van der Waals surface area contributed by atoms with Gasteiger partial charge in [0.2, 0.25) is 0 Å². The molecule has 0 unspecified atom stereocenters. The number of benzene rings is 2. The van der Waals surface area contributed by atoms with Gasteiger partial charge in [0.05, 0.1) is 10.7 Å². The van der Waals surface area contributed by atoms with E-state index in [2.05, 4.69) is 33.1 Å². The molecular formula is C14H12ClFIN3O. The Morgan fingerprint density at radius 3 is 2.76 bits per heavy atom. The van der Waals surface area contributed by atoms with Crippen molar-refractivity contribution in [2.75, 3.05) is 5.32 Å². The van der Waals surface area contributed by atoms with E-state index in [1.165, 1.54) is 12.1 Å². The van der Waals surface area contributed by atoms with Crippen molar-refractivity contribution in [3.63, 3.8) is 0 Å². The second-order valence-corrected chi connectivity index (χ2v) is 5.92. The van der Waals surface area contributed by atoms with Crippen LogP contribution in [0.4, 0.5) is 10.1 Å². The van der Waals surface area contributed by atoms with Gasteiger partial charge in [0.25, 0.3) is 0 Å². The Balaban J connectivity index is 2.24. The van der Waals surface area contributed by atoms with Crippen LogP contribution in [0, 0.1) is 9.39 Å². The van der Waals surface area contributed by atoms with Crippen LogP contribution < -0.4 is 11.1 Å². The zero-order valence-electron chi connectivity index (χ0n) is 10.8. The molecule has 0 atom stereocenters. The molecule has 0 aliphatic rings. The Morgan fingerprint density at radius 2 is 2.10 bits per heavy atom. The van der Waals surface area contributed by atoms with E-state index in [1.807, 2.05) is 18.2 Å². The van der Waals surface area contributed by atoms with Crippen molar-refractivity contribution in [2.24, 2.45) is 10.9 Å². The molecule has 21 heavy (non-hydrogen) atoms. The average molecular weight is 420 g/mol. The van der Waals surface area contributed by atoms with Gasteiger partial charge in [-0.15, -0.1) is 0 Å². The summed E-state index contributed by atoms with van der Waals surface area (Å²) in [6.07, 6.45) is 0. The van der Waals surface area contributed by atoms with Gasteiger partial charge < -0.3 is 16.3 Å². The van der Waals surface area contributed by atoms with Crippen molar-refractivity contribution in [1.82, 2.24) is 0 Å². The standard InChI is InChI=1S/C14H12ClFIN3O/c15-12-6-10(17)3-4-13(12)19-7-8-1-2-9(16)5-11(8)14(18)20-21/h1-6,19,21H,7H2,(H2,18,20). The summed E-state index contributed by atoms with van der Waals surface area (Å²) in [5.74, 6) is -0.590. The van der Waals surface area contributed by atoms with Crippen LogP contribution in [0.15, 0.2) is 41.6 Å². The SMILES string of the molecule is N/C(=N/O)c1cc(F)ccc1CNc1ccc(I)cc1Cl. The molecule has 2 aromatic carbocycles. The fourth-order valence-corrected chi connectivity index (χ4v) is 2.74. The third-order valence-corrected chi connectivity index (χ3v) is 3.84. The predicted octanol–water partition coefficient (Wildman–Crippen LogP) is 3.79. The smallest absolute Gasteiger partial charge is 0.170 e. The zero-order valence-corrected chi connectivity index (χ0v) is 13.7. The van der Waals surface area contributed by atoms with Crippen LogP contribution in [0.2, 0.25) is 5.02 Å². The first-order valence-electron chi connectivity index (χ1n) is 5.96. The molecule has 110 valence electrons. The molecule has 0 amide bonds. The molecule has 2 rings (SSSR count). The van der Waals surface area contributed by atoms with Gasteiger partial charge in [-0.25, -0.2) is 4.39 Å². The third-order valence-electron chi connectivity index (χ3n) is 2.86. The fourth-order valence-electron chi connectivity index (χ4n) is 1.82. The monoisotopic (exact) mass is 419 g/mol. The molecule has 4 N–H and O–H groups in total. The van der Waals surface area contributed by atoms with Gasteiger partial charge in [-0.1, -0.05) is 22.8 Å². The van der Waals surface area contributed by atoms with E-state index in [-0.39, 0.29) is 5.84 Å². The first-order chi connectivity index (χ1) is 10.0. The second-order valence-electron chi connectivity index (χ2n) is 4.26. The quantitative estimate of drug-likeness (QED) is 0.232. The van der Waals surface area contributed by atoms with Gasteiger partial charge >= 0.3 is 0 Å². The lowest BCUT2D eigenvalue weighted by molar-refractivity contribution is 0.318. The van der Waals surface area contributed by atoms with Crippen molar-refractivity contribution in [2.45, 2.75) is 6.54 Å². The second kappa shape index (κ2) is 6.95. The zero-order chi connectivity index (χ0) is 15.4. The summed E-state index contributed by atoms with van der Waals surface area (Å²) in [5, 5.41) is 15.4. The molecule has 0 spiro atoms. The molecule has 0 aliphatic heterocycles. The molecule has 0 saturated carbocycles. The number of nitrogens with two attached hydrogens (primary N) is 1. The highest BCUT2D eigenvalue weighted by Gasteiger charge is 2.09. The van der Waals surface area contributed by atoms with E-state index in [0.29, 0.717) is 22.7 Å². The Morgan fingerprint density at radius 1 is 1.33 bits per heavy atom. The maximum Gasteiger partial charge on any atom is 0.170 e. The number of rotatable bonds is 4. The molecular weight excluding hydrogens is 408 g/mol. The van der Waals surface area contributed by atoms with Crippen LogP contribution >= 0.6 is 34.2 Å². The minimum Gasteiger partial charge on any atom is -0.409 e. The molecule has 4 nitrogen and oxygen atoms in total. The maximum atomic E-state index is 13.3. The molecule has 0 aliphatic carbocycles. The maximum absolute atomic E-state index is 13.3. The summed E-state index contributed by atoms with van der Waals surface area (Å²) >= 11 is 8.31. The lowest BCUT2D eigenvalue weighted by Gasteiger charge is -2.12. The summed E-state index contributed by atoms with van der Waals surface area (Å²) in [5.41, 5.74) is 7.35. The summed E-state index contributed by atoms with van der Waals surface area (Å²) in [4.78, 5) is 0. The van der Waals surface area contributed by atoms with Gasteiger partial charge in [0.1, 0.15) is 5.82 Å². The highest BCUT2D eigenvalue weighted by atomic mass is 127. The minimum atomic E-state index is -0.451. The average Bonchev–Trinajstić information content (AvgIpc) is 2.46. The summed E-state index contributed by atoms with van der Waals surface area (Å²) in [6, 6.07) is 9.73. The van der Waals surface area contributed by atoms with Crippen molar-refractivity contribution < 1.29 is 9.60 Å². The largest absolute Gasteiger partial charge is 0.409 e. The van der Waals surface area contributed by atoms with Crippen molar-refractivity contribution in [3.05, 3.63) is 61.9 Å². The Labute approximate surface area is 139 Å². The van der Waals surface area contributed by atoms with Gasteiger partial charge in [-0.2, -0.15) is 0 Å². The number of hydrogen-bond acceptors (Lipinski definition) is 3. The van der Waals surface area contributed by atoms with Crippen LogP contribution in [0.25, 0.3) is 0 Å². The van der Waals surface area contributed by atoms with Crippen LogP contribution in [0.1, 0.15) is 11.1 Å². The fraction of sp³-hybridized carbons (Fsp3) is 0.0714. The Hall–Kier alpha value is -1.54. The van der Waals surface area contributed by atoms with E-state index >= 15 is 0 Å². The van der Waals surface area contributed by atoms with E-state index in [9.17, 15) is 4.39 Å². The molecule has 7 heteroatoms. The van der Waals surface area contributed by atoms with Gasteiger partial charge in [-0.05, 0) is 58.5 Å². The highest BCUT2D eigenvalue weighted by Crippen LogP contribution is 2.24. The summed E-state index contributed by atoms with van der Waals surface area (Å²) in [6.45, 7) is 0.367. The number of nitrogens with one attached hydrogen (secondary N) is 1. The van der Waals surface area contributed by atoms with Crippen molar-refractivity contribution >= 4 is 45.7 Å². The third kappa shape index (κ3) is 3.98.